The topological polar surface area (TPSA) is 75.0 Å². The van der Waals surface area contributed by atoms with Gasteiger partial charge in [0.2, 0.25) is 6.39 Å². The Kier molecular flexibility index (Phi) is 4.13. The standard InChI is InChI=1S/C21H17ClN4O2/c22-15-6-7-18-14(8-15)9-19(24-18)21(27)26-10-16(13-4-2-1-3-5-13)17(11-26)20-23-12-28-25-20/h1-9,12,16-17,24H,10-11H2/t16-,17+/m1/s1. The number of nitrogens with one attached hydrogen (secondary N) is 1. The van der Waals surface area contributed by atoms with Crippen molar-refractivity contribution >= 4 is 28.4 Å². The molecule has 3 heterocycles. The van der Waals surface area contributed by atoms with Gasteiger partial charge in [-0.1, -0.05) is 47.1 Å². The molecule has 4 aromatic rings. The summed E-state index contributed by atoms with van der Waals surface area (Å²) in [4.78, 5) is 22.5. The van der Waals surface area contributed by atoms with Crippen molar-refractivity contribution in [2.75, 3.05) is 13.1 Å². The number of amides is 1. The SMILES string of the molecule is O=C(c1cc2cc(Cl)ccc2[nH]1)N1C[C@H](c2ccccc2)[C@@H](c2ncon2)C1. The van der Waals surface area contributed by atoms with Gasteiger partial charge in [0.15, 0.2) is 5.82 Å². The van der Waals surface area contributed by atoms with E-state index in [9.17, 15) is 4.79 Å². The van der Waals surface area contributed by atoms with Crippen molar-refractivity contribution in [3.8, 4) is 0 Å². The molecule has 7 heteroatoms. The van der Waals surface area contributed by atoms with Crippen molar-refractivity contribution in [3.05, 3.63) is 83.1 Å². The summed E-state index contributed by atoms with van der Waals surface area (Å²) in [6.07, 6.45) is 1.34. The number of carbonyl (C=O) groups is 1. The van der Waals surface area contributed by atoms with E-state index < -0.39 is 0 Å². The largest absolute Gasteiger partial charge is 0.351 e. The van der Waals surface area contributed by atoms with E-state index in [0.717, 1.165) is 16.5 Å². The lowest BCUT2D eigenvalue weighted by Gasteiger charge is -2.16. The molecular weight excluding hydrogens is 376 g/mol. The zero-order valence-corrected chi connectivity index (χ0v) is 15.6. The molecule has 2 aromatic heterocycles. The zero-order chi connectivity index (χ0) is 19.1. The maximum absolute atomic E-state index is 13.2. The summed E-state index contributed by atoms with van der Waals surface area (Å²) in [6.45, 7) is 1.13. The quantitative estimate of drug-likeness (QED) is 0.566. The number of benzene rings is 2. The number of rotatable bonds is 3. The van der Waals surface area contributed by atoms with Crippen LogP contribution in [-0.2, 0) is 0 Å². The molecule has 0 aliphatic carbocycles. The Bertz CT molecular complexity index is 1120. The molecule has 0 saturated carbocycles. The second kappa shape index (κ2) is 6.80. The predicted molar refractivity (Wildman–Crippen MR) is 105 cm³/mol. The summed E-state index contributed by atoms with van der Waals surface area (Å²) in [7, 11) is 0. The van der Waals surface area contributed by atoms with E-state index in [-0.39, 0.29) is 17.7 Å². The van der Waals surface area contributed by atoms with Gasteiger partial charge in [-0.15, -0.1) is 0 Å². The Morgan fingerprint density at radius 2 is 1.93 bits per heavy atom. The van der Waals surface area contributed by atoms with Gasteiger partial charge in [0.1, 0.15) is 5.69 Å². The number of likely N-dealkylation sites (tertiary alicyclic amines) is 1. The first-order valence-corrected chi connectivity index (χ1v) is 9.45. The highest BCUT2D eigenvalue weighted by atomic mass is 35.5. The Hall–Kier alpha value is -3.12. The van der Waals surface area contributed by atoms with Crippen LogP contribution in [0.4, 0.5) is 0 Å². The number of fused-ring (bicyclic) bond motifs is 1. The number of nitrogens with zero attached hydrogens (tertiary/aromatic N) is 3. The lowest BCUT2D eigenvalue weighted by molar-refractivity contribution is 0.0784. The summed E-state index contributed by atoms with van der Waals surface area (Å²) >= 11 is 6.07. The van der Waals surface area contributed by atoms with Gasteiger partial charge in [0, 0.05) is 40.9 Å². The second-order valence-corrected chi connectivity index (χ2v) is 7.47. The van der Waals surface area contributed by atoms with Gasteiger partial charge in [-0.25, -0.2) is 0 Å². The fraction of sp³-hybridized carbons (Fsp3) is 0.190. The van der Waals surface area contributed by atoms with Crippen LogP contribution >= 0.6 is 11.6 Å². The molecule has 1 N–H and O–H groups in total. The Morgan fingerprint density at radius 1 is 1.11 bits per heavy atom. The molecule has 0 unspecified atom stereocenters. The van der Waals surface area contributed by atoms with E-state index in [1.54, 1.807) is 0 Å². The molecule has 1 aliphatic rings. The Morgan fingerprint density at radius 3 is 2.71 bits per heavy atom. The average molecular weight is 393 g/mol. The fourth-order valence-corrected chi connectivity index (χ4v) is 4.18. The van der Waals surface area contributed by atoms with Crippen LogP contribution in [0.3, 0.4) is 0 Å². The first-order valence-electron chi connectivity index (χ1n) is 9.08. The lowest BCUT2D eigenvalue weighted by atomic mass is 9.88. The first kappa shape index (κ1) is 17.0. The number of hydrogen-bond acceptors (Lipinski definition) is 4. The van der Waals surface area contributed by atoms with Crippen LogP contribution in [0, 0.1) is 0 Å². The zero-order valence-electron chi connectivity index (χ0n) is 14.9. The maximum atomic E-state index is 13.2. The monoisotopic (exact) mass is 392 g/mol. The molecule has 1 fully saturated rings. The fourth-order valence-electron chi connectivity index (χ4n) is 4.00. The third-order valence-electron chi connectivity index (χ3n) is 5.36. The molecule has 28 heavy (non-hydrogen) atoms. The van der Waals surface area contributed by atoms with Gasteiger partial charge in [0.25, 0.3) is 5.91 Å². The smallest absolute Gasteiger partial charge is 0.270 e. The van der Waals surface area contributed by atoms with Crippen molar-refractivity contribution in [1.29, 1.82) is 0 Å². The predicted octanol–water partition coefficient (Wildman–Crippen LogP) is 4.23. The van der Waals surface area contributed by atoms with E-state index in [1.165, 1.54) is 6.39 Å². The van der Waals surface area contributed by atoms with Gasteiger partial charge in [0.05, 0.1) is 0 Å². The number of aromatic nitrogens is 3. The van der Waals surface area contributed by atoms with Crippen molar-refractivity contribution in [2.45, 2.75) is 11.8 Å². The molecule has 2 atom stereocenters. The van der Waals surface area contributed by atoms with Crippen LogP contribution in [0.5, 0.6) is 0 Å². The third-order valence-corrected chi connectivity index (χ3v) is 5.59. The Balaban J connectivity index is 1.47. The van der Waals surface area contributed by atoms with Gasteiger partial charge >= 0.3 is 0 Å². The molecule has 1 amide bonds. The van der Waals surface area contributed by atoms with Gasteiger partial charge < -0.3 is 14.4 Å². The maximum Gasteiger partial charge on any atom is 0.270 e. The van der Waals surface area contributed by atoms with E-state index in [2.05, 4.69) is 27.3 Å². The molecule has 0 radical (unpaired) electrons. The van der Waals surface area contributed by atoms with Crippen LogP contribution in [0.15, 0.2) is 65.5 Å². The molecule has 140 valence electrons. The van der Waals surface area contributed by atoms with Gasteiger partial charge in [-0.2, -0.15) is 4.98 Å². The van der Waals surface area contributed by atoms with Crippen LogP contribution < -0.4 is 0 Å². The summed E-state index contributed by atoms with van der Waals surface area (Å²) in [5.41, 5.74) is 2.61. The second-order valence-electron chi connectivity index (χ2n) is 7.04. The Labute approximate surface area is 166 Å². The molecule has 1 aliphatic heterocycles. The highest BCUT2D eigenvalue weighted by molar-refractivity contribution is 6.31. The summed E-state index contributed by atoms with van der Waals surface area (Å²) in [6, 6.07) is 17.6. The number of H-pyrrole nitrogens is 1. The average Bonchev–Trinajstić information content (AvgIpc) is 3.46. The third kappa shape index (κ3) is 2.96. The van der Waals surface area contributed by atoms with Crippen LogP contribution in [0.1, 0.15) is 33.7 Å². The molecule has 1 saturated heterocycles. The molecule has 0 spiro atoms. The molecule has 5 rings (SSSR count). The first-order chi connectivity index (χ1) is 13.7. The van der Waals surface area contributed by atoms with Crippen LogP contribution in [0.2, 0.25) is 5.02 Å². The highest BCUT2D eigenvalue weighted by Crippen LogP contribution is 2.39. The molecular formula is C21H17ClN4O2. The number of carbonyl (C=O) groups excluding carboxylic acids is 1. The minimum Gasteiger partial charge on any atom is -0.351 e. The van der Waals surface area contributed by atoms with Crippen molar-refractivity contribution < 1.29 is 9.32 Å². The van der Waals surface area contributed by atoms with Crippen molar-refractivity contribution in [2.24, 2.45) is 0 Å². The van der Waals surface area contributed by atoms with Crippen molar-refractivity contribution in [1.82, 2.24) is 20.0 Å². The lowest BCUT2D eigenvalue weighted by Crippen LogP contribution is -2.29. The highest BCUT2D eigenvalue weighted by Gasteiger charge is 2.39. The van der Waals surface area contributed by atoms with Gasteiger partial charge in [-0.3, -0.25) is 4.79 Å². The number of halogens is 1. The summed E-state index contributed by atoms with van der Waals surface area (Å²) < 4.78 is 4.96. The summed E-state index contributed by atoms with van der Waals surface area (Å²) in [5.74, 6) is 0.692. The molecule has 6 nitrogen and oxygen atoms in total. The van der Waals surface area contributed by atoms with E-state index in [0.29, 0.717) is 29.6 Å². The minimum atomic E-state index is -0.0424. The van der Waals surface area contributed by atoms with Crippen LogP contribution in [0.25, 0.3) is 10.9 Å². The molecule has 0 bridgehead atoms. The molecule has 2 aromatic carbocycles. The minimum absolute atomic E-state index is 0.0103. The summed E-state index contributed by atoms with van der Waals surface area (Å²) in [5, 5.41) is 5.61. The number of hydrogen-bond donors (Lipinski definition) is 1. The normalized spacial score (nSPS) is 19.4. The van der Waals surface area contributed by atoms with E-state index in [1.807, 2.05) is 47.4 Å². The van der Waals surface area contributed by atoms with E-state index in [4.69, 9.17) is 16.1 Å². The van der Waals surface area contributed by atoms with Crippen molar-refractivity contribution in [3.63, 3.8) is 0 Å². The van der Waals surface area contributed by atoms with Crippen LogP contribution in [-0.4, -0.2) is 39.0 Å². The van der Waals surface area contributed by atoms with E-state index >= 15 is 0 Å². The number of aromatic amines is 1. The van der Waals surface area contributed by atoms with Gasteiger partial charge in [-0.05, 0) is 29.8 Å².